The number of hydrogen-bond donors (Lipinski definition) is 1. The summed E-state index contributed by atoms with van der Waals surface area (Å²) in [6, 6.07) is 0. The summed E-state index contributed by atoms with van der Waals surface area (Å²) < 4.78 is 11.7. The third-order valence-electron chi connectivity index (χ3n) is 9.27. The highest BCUT2D eigenvalue weighted by molar-refractivity contribution is 5.77. The van der Waals surface area contributed by atoms with E-state index in [0.29, 0.717) is 31.5 Å². The van der Waals surface area contributed by atoms with E-state index in [9.17, 15) is 9.90 Å². The fourth-order valence-electron chi connectivity index (χ4n) is 6.13. The maximum absolute atomic E-state index is 12.7. The molecule has 0 rings (SSSR count). The summed E-state index contributed by atoms with van der Waals surface area (Å²) in [6.45, 7) is 9.43. The Balaban J connectivity index is 4.42. The van der Waals surface area contributed by atoms with Gasteiger partial charge < -0.3 is 14.6 Å². The van der Waals surface area contributed by atoms with Crippen molar-refractivity contribution in [2.24, 2.45) is 5.92 Å². The third kappa shape index (κ3) is 23.5. The van der Waals surface area contributed by atoms with Crippen LogP contribution in [0, 0.1) is 5.92 Å². The fourth-order valence-corrected chi connectivity index (χ4v) is 6.13. The van der Waals surface area contributed by atoms with E-state index in [2.05, 4.69) is 27.7 Å². The smallest absolute Gasteiger partial charge is 0.335 e. The molecule has 4 nitrogen and oxygen atoms in total. The Kier molecular flexibility index (Phi) is 29.0. The van der Waals surface area contributed by atoms with Gasteiger partial charge in [-0.15, -0.1) is 0 Å². The molecule has 0 aliphatic heterocycles. The Morgan fingerprint density at radius 1 is 0.634 bits per heavy atom. The Morgan fingerprint density at radius 2 is 1.10 bits per heavy atom. The van der Waals surface area contributed by atoms with Gasteiger partial charge in [0.2, 0.25) is 0 Å². The van der Waals surface area contributed by atoms with Crippen LogP contribution in [-0.4, -0.2) is 36.5 Å². The van der Waals surface area contributed by atoms with Crippen LogP contribution in [0.5, 0.6) is 0 Å². The van der Waals surface area contributed by atoms with Crippen LogP contribution >= 0.6 is 0 Å². The molecule has 3 atom stereocenters. The maximum Gasteiger partial charge on any atom is 0.335 e. The molecule has 0 spiro atoms. The lowest BCUT2D eigenvalue weighted by molar-refractivity contribution is -0.171. The van der Waals surface area contributed by atoms with Crippen molar-refractivity contribution >= 4 is 5.97 Å². The van der Waals surface area contributed by atoms with Crippen LogP contribution in [0.15, 0.2) is 0 Å². The minimum absolute atomic E-state index is 0.358. The van der Waals surface area contributed by atoms with E-state index in [-0.39, 0.29) is 0 Å². The second-order valence-electron chi connectivity index (χ2n) is 13.1. The highest BCUT2D eigenvalue weighted by Gasteiger charge is 2.40. The molecule has 0 radical (unpaired) electrons. The molecule has 0 bridgehead atoms. The first-order valence-electron chi connectivity index (χ1n) is 18.4. The fraction of sp³-hybridized carbons (Fsp3) is 0.973. The van der Waals surface area contributed by atoms with Gasteiger partial charge in [-0.25, -0.2) is 4.79 Å². The molecule has 3 unspecified atom stereocenters. The highest BCUT2D eigenvalue weighted by Crippen LogP contribution is 2.33. The van der Waals surface area contributed by atoms with E-state index in [4.69, 9.17) is 9.47 Å². The highest BCUT2D eigenvalue weighted by atomic mass is 16.5. The first-order valence-corrected chi connectivity index (χ1v) is 18.4. The quantitative estimate of drug-likeness (QED) is 0.0782. The van der Waals surface area contributed by atoms with Gasteiger partial charge in [0.25, 0.3) is 0 Å². The Hall–Kier alpha value is -0.610. The number of hydrogen-bond acceptors (Lipinski definition) is 3. The molecule has 246 valence electrons. The lowest BCUT2D eigenvalue weighted by Gasteiger charge is -2.33. The maximum atomic E-state index is 12.7. The molecular formula is C37H74O4. The molecule has 0 aromatic heterocycles. The summed E-state index contributed by atoms with van der Waals surface area (Å²) >= 11 is 0. The number of carboxylic acid groups (broad SMARTS) is 1. The van der Waals surface area contributed by atoms with E-state index >= 15 is 0 Å². The summed E-state index contributed by atoms with van der Waals surface area (Å²) in [4.78, 5) is 12.7. The Bertz CT molecular complexity index is 551. The number of ether oxygens (including phenoxy) is 2. The predicted octanol–water partition coefficient (Wildman–Crippen LogP) is 12.1. The zero-order valence-electron chi connectivity index (χ0n) is 28.6. The van der Waals surface area contributed by atoms with Gasteiger partial charge in [-0.1, -0.05) is 162 Å². The molecule has 0 aromatic rings. The van der Waals surface area contributed by atoms with Crippen LogP contribution < -0.4 is 0 Å². The van der Waals surface area contributed by atoms with Gasteiger partial charge in [0.15, 0.2) is 5.60 Å². The SMILES string of the molecule is CCCCCCCCCCCCCCCCC(CC(CC)CCCC)(OCCCCCCCCC(C)OC)C(=O)O. The second-order valence-corrected chi connectivity index (χ2v) is 13.1. The van der Waals surface area contributed by atoms with Crippen molar-refractivity contribution in [3.8, 4) is 0 Å². The number of carbonyl (C=O) groups is 1. The molecule has 0 aromatic carbocycles. The zero-order chi connectivity index (χ0) is 30.4. The average Bonchev–Trinajstić information content (AvgIpc) is 2.97. The summed E-state index contributed by atoms with van der Waals surface area (Å²) in [5, 5.41) is 10.4. The average molecular weight is 583 g/mol. The number of methoxy groups -OCH3 is 1. The molecule has 0 amide bonds. The van der Waals surface area contributed by atoms with Crippen molar-refractivity contribution in [3.63, 3.8) is 0 Å². The minimum atomic E-state index is -0.998. The molecule has 0 saturated carbocycles. The van der Waals surface area contributed by atoms with Gasteiger partial charge in [-0.3, -0.25) is 0 Å². The summed E-state index contributed by atoms with van der Waals surface area (Å²) in [5.74, 6) is -0.290. The molecule has 0 saturated heterocycles. The van der Waals surface area contributed by atoms with E-state index < -0.39 is 11.6 Å². The standard InChI is InChI=1S/C37H74O4/c1-6-9-11-12-13-14-15-16-17-18-19-21-24-27-31-37(36(38)39,33-35(8-3)30-10-7-2)41-32-28-25-22-20-23-26-29-34(4)40-5/h34-35H,6-33H2,1-5H3,(H,38,39). The minimum Gasteiger partial charge on any atom is -0.479 e. The molecule has 1 N–H and O–H groups in total. The van der Waals surface area contributed by atoms with Gasteiger partial charge in [0.1, 0.15) is 0 Å². The van der Waals surface area contributed by atoms with Crippen molar-refractivity contribution in [3.05, 3.63) is 0 Å². The van der Waals surface area contributed by atoms with Crippen LogP contribution in [0.25, 0.3) is 0 Å². The summed E-state index contributed by atoms with van der Waals surface area (Å²) in [6.07, 6.45) is 32.8. The van der Waals surface area contributed by atoms with Crippen LogP contribution in [0.3, 0.4) is 0 Å². The van der Waals surface area contributed by atoms with Crippen molar-refractivity contribution in [1.29, 1.82) is 0 Å². The molecular weight excluding hydrogens is 508 g/mol. The third-order valence-corrected chi connectivity index (χ3v) is 9.27. The Morgan fingerprint density at radius 3 is 1.56 bits per heavy atom. The van der Waals surface area contributed by atoms with Crippen molar-refractivity contribution in [2.75, 3.05) is 13.7 Å². The second kappa shape index (κ2) is 29.5. The first-order chi connectivity index (χ1) is 20.0. The van der Waals surface area contributed by atoms with E-state index in [1.807, 2.05) is 0 Å². The topological polar surface area (TPSA) is 55.8 Å². The van der Waals surface area contributed by atoms with E-state index in [1.165, 1.54) is 116 Å². The van der Waals surface area contributed by atoms with Crippen molar-refractivity contribution in [2.45, 2.75) is 213 Å². The lowest BCUT2D eigenvalue weighted by atomic mass is 9.82. The summed E-state index contributed by atoms with van der Waals surface area (Å²) in [5.41, 5.74) is -0.998. The first kappa shape index (κ1) is 40.4. The monoisotopic (exact) mass is 583 g/mol. The lowest BCUT2D eigenvalue weighted by Crippen LogP contribution is -2.43. The molecule has 41 heavy (non-hydrogen) atoms. The van der Waals surface area contributed by atoms with Crippen LogP contribution in [-0.2, 0) is 14.3 Å². The van der Waals surface area contributed by atoms with Gasteiger partial charge in [0, 0.05) is 13.7 Å². The van der Waals surface area contributed by atoms with Gasteiger partial charge in [0.05, 0.1) is 6.10 Å². The normalized spacial score (nSPS) is 14.7. The number of unbranched alkanes of at least 4 members (excludes halogenated alkanes) is 19. The van der Waals surface area contributed by atoms with E-state index in [0.717, 1.165) is 44.9 Å². The van der Waals surface area contributed by atoms with Crippen LogP contribution in [0.4, 0.5) is 0 Å². The Labute approximate surface area is 257 Å². The molecule has 0 aliphatic carbocycles. The number of rotatable bonds is 33. The molecule has 4 heteroatoms. The van der Waals surface area contributed by atoms with Crippen molar-refractivity contribution < 1.29 is 19.4 Å². The number of aliphatic carboxylic acids is 1. The predicted molar refractivity (Wildman–Crippen MR) is 178 cm³/mol. The van der Waals surface area contributed by atoms with Gasteiger partial charge >= 0.3 is 5.97 Å². The largest absolute Gasteiger partial charge is 0.479 e. The molecule has 0 aliphatic rings. The molecule has 0 fully saturated rings. The van der Waals surface area contributed by atoms with E-state index in [1.54, 1.807) is 7.11 Å². The molecule has 0 heterocycles. The van der Waals surface area contributed by atoms with Crippen LogP contribution in [0.2, 0.25) is 0 Å². The number of carboxylic acids is 1. The zero-order valence-corrected chi connectivity index (χ0v) is 28.6. The summed E-state index contributed by atoms with van der Waals surface area (Å²) in [7, 11) is 1.79. The van der Waals surface area contributed by atoms with Crippen molar-refractivity contribution in [1.82, 2.24) is 0 Å². The van der Waals surface area contributed by atoms with Crippen LogP contribution in [0.1, 0.15) is 201 Å². The van der Waals surface area contributed by atoms with Gasteiger partial charge in [-0.05, 0) is 44.9 Å². The van der Waals surface area contributed by atoms with Gasteiger partial charge in [-0.2, -0.15) is 0 Å².